The number of rotatable bonds is 9. The van der Waals surface area contributed by atoms with Gasteiger partial charge in [0, 0.05) is 5.56 Å². The predicted molar refractivity (Wildman–Crippen MR) is 119 cm³/mol. The van der Waals surface area contributed by atoms with Crippen LogP contribution in [0.25, 0.3) is 11.1 Å². The molecule has 0 unspecified atom stereocenters. The number of benzene rings is 2. The van der Waals surface area contributed by atoms with Crippen molar-refractivity contribution in [1.29, 1.82) is 5.26 Å². The van der Waals surface area contributed by atoms with Crippen molar-refractivity contribution in [1.82, 2.24) is 0 Å². The van der Waals surface area contributed by atoms with Crippen molar-refractivity contribution >= 4 is 0 Å². The highest BCUT2D eigenvalue weighted by molar-refractivity contribution is 5.65. The summed E-state index contributed by atoms with van der Waals surface area (Å²) in [6.45, 7) is 2.26. The van der Waals surface area contributed by atoms with E-state index in [0.717, 1.165) is 5.92 Å². The highest BCUT2D eigenvalue weighted by Gasteiger charge is 2.22. The van der Waals surface area contributed by atoms with Crippen LogP contribution in [0.3, 0.4) is 0 Å². The van der Waals surface area contributed by atoms with Gasteiger partial charge in [-0.1, -0.05) is 76.1 Å². The highest BCUT2D eigenvalue weighted by Crippen LogP contribution is 2.38. The number of nitrogens with zero attached hydrogens (tertiary/aromatic N) is 1. The molecule has 1 aliphatic rings. The van der Waals surface area contributed by atoms with Crippen molar-refractivity contribution < 1.29 is 8.78 Å². The molecule has 1 fully saturated rings. The van der Waals surface area contributed by atoms with E-state index in [1.807, 2.05) is 12.1 Å². The van der Waals surface area contributed by atoms with E-state index in [2.05, 4.69) is 19.1 Å². The molecule has 0 amide bonds. The van der Waals surface area contributed by atoms with E-state index in [1.54, 1.807) is 6.07 Å². The lowest BCUT2D eigenvalue weighted by atomic mass is 9.77. The summed E-state index contributed by atoms with van der Waals surface area (Å²) < 4.78 is 28.2. The molecule has 2 aromatic carbocycles. The Morgan fingerprint density at radius 2 is 1.50 bits per heavy atom. The molecule has 0 atom stereocenters. The Hall–Kier alpha value is -2.21. The van der Waals surface area contributed by atoms with Crippen LogP contribution in [-0.4, -0.2) is 0 Å². The molecule has 0 radical (unpaired) electrons. The second-order valence-electron chi connectivity index (χ2n) is 8.80. The van der Waals surface area contributed by atoms with E-state index in [-0.39, 0.29) is 11.1 Å². The molecular formula is C27H33F2N. The Balaban J connectivity index is 1.51. The average molecular weight is 410 g/mol. The second-order valence-corrected chi connectivity index (χ2v) is 8.80. The molecule has 0 bridgehead atoms. The topological polar surface area (TPSA) is 23.8 Å². The highest BCUT2D eigenvalue weighted by atomic mass is 19.2. The summed E-state index contributed by atoms with van der Waals surface area (Å²) in [5.41, 5.74) is 1.90. The first-order valence-electron chi connectivity index (χ1n) is 11.6. The van der Waals surface area contributed by atoms with E-state index in [0.29, 0.717) is 11.5 Å². The molecule has 0 heterocycles. The Morgan fingerprint density at radius 1 is 0.833 bits per heavy atom. The average Bonchev–Trinajstić information content (AvgIpc) is 2.78. The van der Waals surface area contributed by atoms with Gasteiger partial charge in [-0.25, -0.2) is 8.78 Å². The van der Waals surface area contributed by atoms with Crippen LogP contribution in [0, 0.1) is 28.9 Å². The fourth-order valence-corrected chi connectivity index (χ4v) is 4.79. The van der Waals surface area contributed by atoms with Crippen LogP contribution in [0.1, 0.15) is 94.6 Å². The van der Waals surface area contributed by atoms with Gasteiger partial charge in [0.2, 0.25) is 0 Å². The van der Waals surface area contributed by atoms with Gasteiger partial charge < -0.3 is 0 Å². The maximum atomic E-state index is 14.3. The summed E-state index contributed by atoms with van der Waals surface area (Å²) in [5, 5.41) is 8.84. The molecule has 0 spiro atoms. The zero-order chi connectivity index (χ0) is 21.3. The lowest BCUT2D eigenvalue weighted by Crippen LogP contribution is -2.13. The third-order valence-corrected chi connectivity index (χ3v) is 6.71. The van der Waals surface area contributed by atoms with Crippen LogP contribution in [0.2, 0.25) is 0 Å². The molecule has 1 saturated carbocycles. The Morgan fingerprint density at radius 3 is 2.17 bits per heavy atom. The van der Waals surface area contributed by atoms with Crippen molar-refractivity contribution in [3.05, 3.63) is 59.2 Å². The predicted octanol–water partition coefficient (Wildman–Crippen LogP) is 8.53. The molecule has 30 heavy (non-hydrogen) atoms. The smallest absolute Gasteiger partial charge is 0.177 e. The minimum absolute atomic E-state index is 0.209. The Bertz CT molecular complexity index is 842. The van der Waals surface area contributed by atoms with Gasteiger partial charge in [0.25, 0.3) is 0 Å². The molecule has 160 valence electrons. The molecule has 0 saturated heterocycles. The van der Waals surface area contributed by atoms with Crippen LogP contribution in [0.15, 0.2) is 36.4 Å². The first kappa shape index (κ1) is 22.5. The van der Waals surface area contributed by atoms with E-state index >= 15 is 0 Å². The van der Waals surface area contributed by atoms with Crippen LogP contribution in [0.4, 0.5) is 8.78 Å². The number of unbranched alkanes of at least 4 members (excludes halogenated alkanes) is 5. The van der Waals surface area contributed by atoms with Crippen molar-refractivity contribution in [2.75, 3.05) is 0 Å². The van der Waals surface area contributed by atoms with Crippen LogP contribution in [0.5, 0.6) is 0 Å². The fraction of sp³-hybridized carbons (Fsp3) is 0.519. The normalized spacial score (nSPS) is 18.9. The number of nitriles is 1. The molecule has 2 aromatic rings. The molecule has 0 aliphatic heterocycles. The van der Waals surface area contributed by atoms with Gasteiger partial charge in [0.1, 0.15) is 6.07 Å². The van der Waals surface area contributed by atoms with Crippen molar-refractivity contribution in [2.45, 2.75) is 83.5 Å². The SMILES string of the molecule is CCCCCCCCC1CCC(c2ccc(-c3ccc(C#N)c(F)c3F)cc2)CC1. The summed E-state index contributed by atoms with van der Waals surface area (Å²) in [6, 6.07) is 12.4. The zero-order valence-corrected chi connectivity index (χ0v) is 18.1. The lowest BCUT2D eigenvalue weighted by Gasteiger charge is -2.29. The molecule has 1 aliphatic carbocycles. The minimum Gasteiger partial charge on any atom is -0.203 e. The van der Waals surface area contributed by atoms with E-state index in [1.165, 1.54) is 88.3 Å². The fourth-order valence-electron chi connectivity index (χ4n) is 4.79. The van der Waals surface area contributed by atoms with E-state index in [9.17, 15) is 8.78 Å². The first-order chi connectivity index (χ1) is 14.6. The zero-order valence-electron chi connectivity index (χ0n) is 18.1. The Kier molecular flexibility index (Phi) is 8.43. The Labute approximate surface area is 180 Å². The van der Waals surface area contributed by atoms with Gasteiger partial charge in [-0.3, -0.25) is 0 Å². The summed E-state index contributed by atoms with van der Waals surface area (Å²) in [6.07, 6.45) is 14.6. The van der Waals surface area contributed by atoms with Crippen molar-refractivity contribution in [2.24, 2.45) is 5.92 Å². The summed E-state index contributed by atoms with van der Waals surface area (Å²) >= 11 is 0. The lowest BCUT2D eigenvalue weighted by molar-refractivity contribution is 0.302. The summed E-state index contributed by atoms with van der Waals surface area (Å²) in [4.78, 5) is 0. The summed E-state index contributed by atoms with van der Waals surface area (Å²) in [7, 11) is 0. The number of hydrogen-bond donors (Lipinski definition) is 0. The third kappa shape index (κ3) is 5.69. The van der Waals surface area contributed by atoms with E-state index in [4.69, 9.17) is 5.26 Å². The number of hydrogen-bond acceptors (Lipinski definition) is 1. The molecular weight excluding hydrogens is 376 g/mol. The second kappa shape index (κ2) is 11.3. The van der Waals surface area contributed by atoms with Gasteiger partial charge in [-0.2, -0.15) is 5.26 Å². The first-order valence-corrected chi connectivity index (χ1v) is 11.6. The minimum atomic E-state index is -1.07. The molecule has 0 aromatic heterocycles. The van der Waals surface area contributed by atoms with Crippen LogP contribution in [-0.2, 0) is 0 Å². The molecule has 3 rings (SSSR count). The maximum absolute atomic E-state index is 14.3. The van der Waals surface area contributed by atoms with Crippen LogP contribution < -0.4 is 0 Å². The van der Waals surface area contributed by atoms with Crippen LogP contribution >= 0.6 is 0 Å². The molecule has 3 heteroatoms. The monoisotopic (exact) mass is 409 g/mol. The molecule has 0 N–H and O–H groups in total. The van der Waals surface area contributed by atoms with Crippen molar-refractivity contribution in [3.63, 3.8) is 0 Å². The quantitative estimate of drug-likeness (QED) is 0.381. The van der Waals surface area contributed by atoms with Gasteiger partial charge in [0.15, 0.2) is 11.6 Å². The molecule has 1 nitrogen and oxygen atoms in total. The van der Waals surface area contributed by atoms with Gasteiger partial charge >= 0.3 is 0 Å². The van der Waals surface area contributed by atoms with Gasteiger partial charge in [-0.05, 0) is 60.8 Å². The summed E-state index contributed by atoms with van der Waals surface area (Å²) in [5.74, 6) is -0.565. The third-order valence-electron chi connectivity index (χ3n) is 6.71. The van der Waals surface area contributed by atoms with Gasteiger partial charge in [-0.15, -0.1) is 0 Å². The standard InChI is InChI=1S/C27H33F2N/c1-2-3-4-5-6-7-8-20-9-11-21(12-10-20)22-13-15-23(16-14-22)25-18-17-24(19-30)26(28)27(25)29/h13-18,20-21H,2-12H2,1H3. The van der Waals surface area contributed by atoms with Crippen molar-refractivity contribution in [3.8, 4) is 17.2 Å². The van der Waals surface area contributed by atoms with E-state index < -0.39 is 11.6 Å². The maximum Gasteiger partial charge on any atom is 0.177 e. The largest absolute Gasteiger partial charge is 0.203 e. The van der Waals surface area contributed by atoms with Gasteiger partial charge in [0.05, 0.1) is 5.56 Å². The number of halogens is 2.